The highest BCUT2D eigenvalue weighted by Gasteiger charge is 2.29. The molecule has 0 N–H and O–H groups in total. The molecule has 18 heavy (non-hydrogen) atoms. The Morgan fingerprint density at radius 2 is 1.83 bits per heavy atom. The highest BCUT2D eigenvalue weighted by Crippen LogP contribution is 2.24. The van der Waals surface area contributed by atoms with Gasteiger partial charge in [-0.25, -0.2) is 8.42 Å². The van der Waals surface area contributed by atoms with Crippen LogP contribution < -0.4 is 0 Å². The third-order valence-electron chi connectivity index (χ3n) is 3.40. The van der Waals surface area contributed by atoms with Crippen LogP contribution in [0.5, 0.6) is 0 Å². The third kappa shape index (κ3) is 2.47. The van der Waals surface area contributed by atoms with Gasteiger partial charge in [-0.3, -0.25) is 0 Å². The van der Waals surface area contributed by atoms with Crippen LogP contribution in [0.1, 0.15) is 18.4 Å². The molecule has 0 unspecified atom stereocenters. The van der Waals surface area contributed by atoms with Crippen molar-refractivity contribution in [3.05, 3.63) is 29.8 Å². The lowest BCUT2D eigenvalue weighted by atomic mass is 10.0. The molecule has 1 aliphatic heterocycles. The van der Waals surface area contributed by atoms with E-state index in [2.05, 4.69) is 0 Å². The quantitative estimate of drug-likeness (QED) is 0.782. The molecule has 0 amide bonds. The standard InChI is InChI=1S/C13H17NO3S/c1-11-4-2-3-5-13(11)18(16,17)14-8-6-12(10-15)7-9-14/h2-5,10,12H,6-9H2,1H3. The van der Waals surface area contributed by atoms with Crippen molar-refractivity contribution in [2.75, 3.05) is 13.1 Å². The van der Waals surface area contributed by atoms with Gasteiger partial charge < -0.3 is 4.79 Å². The minimum atomic E-state index is -3.41. The van der Waals surface area contributed by atoms with E-state index in [9.17, 15) is 13.2 Å². The SMILES string of the molecule is Cc1ccccc1S(=O)(=O)N1CCC(C=O)CC1. The number of aryl methyl sites for hydroxylation is 1. The smallest absolute Gasteiger partial charge is 0.243 e. The molecular weight excluding hydrogens is 250 g/mol. The molecule has 1 saturated heterocycles. The molecule has 0 atom stereocenters. The largest absolute Gasteiger partial charge is 0.303 e. The van der Waals surface area contributed by atoms with E-state index in [0.29, 0.717) is 30.8 Å². The number of carbonyl (C=O) groups excluding carboxylic acids is 1. The predicted molar refractivity (Wildman–Crippen MR) is 68.7 cm³/mol. The van der Waals surface area contributed by atoms with Crippen LogP contribution in [0.15, 0.2) is 29.2 Å². The first kappa shape index (κ1) is 13.2. The molecule has 5 heteroatoms. The predicted octanol–water partition coefficient (Wildman–Crippen LogP) is 1.59. The molecule has 1 aromatic carbocycles. The number of nitrogens with zero attached hydrogens (tertiary/aromatic N) is 1. The van der Waals surface area contributed by atoms with E-state index in [1.54, 1.807) is 25.1 Å². The van der Waals surface area contributed by atoms with Gasteiger partial charge in [0.05, 0.1) is 4.90 Å². The van der Waals surface area contributed by atoms with Crippen molar-refractivity contribution in [1.29, 1.82) is 0 Å². The van der Waals surface area contributed by atoms with Crippen LogP contribution in [0, 0.1) is 12.8 Å². The van der Waals surface area contributed by atoms with Gasteiger partial charge >= 0.3 is 0 Å². The van der Waals surface area contributed by atoms with Gasteiger partial charge in [-0.05, 0) is 31.4 Å². The first-order valence-corrected chi connectivity index (χ1v) is 7.51. The van der Waals surface area contributed by atoms with Gasteiger partial charge in [0.25, 0.3) is 0 Å². The molecule has 4 nitrogen and oxygen atoms in total. The molecule has 0 spiro atoms. The number of rotatable bonds is 3. The van der Waals surface area contributed by atoms with E-state index in [4.69, 9.17) is 0 Å². The normalized spacial score (nSPS) is 18.7. The van der Waals surface area contributed by atoms with Crippen LogP contribution in [0.4, 0.5) is 0 Å². The summed E-state index contributed by atoms with van der Waals surface area (Å²) in [6, 6.07) is 6.99. The molecule has 98 valence electrons. The molecule has 0 radical (unpaired) electrons. The van der Waals surface area contributed by atoms with Crippen molar-refractivity contribution >= 4 is 16.3 Å². The van der Waals surface area contributed by atoms with E-state index < -0.39 is 10.0 Å². The number of piperidine rings is 1. The minimum absolute atomic E-state index is 0.00770. The van der Waals surface area contributed by atoms with Crippen molar-refractivity contribution in [3.8, 4) is 0 Å². The van der Waals surface area contributed by atoms with E-state index in [0.717, 1.165) is 11.8 Å². The number of aldehydes is 1. The lowest BCUT2D eigenvalue weighted by molar-refractivity contribution is -0.112. The maximum absolute atomic E-state index is 12.4. The Bertz CT molecular complexity index is 531. The first-order valence-electron chi connectivity index (χ1n) is 6.07. The summed E-state index contributed by atoms with van der Waals surface area (Å²) in [6.45, 7) is 2.66. The Balaban J connectivity index is 2.23. The molecule has 0 aliphatic carbocycles. The Hall–Kier alpha value is -1.20. The summed E-state index contributed by atoms with van der Waals surface area (Å²) in [5, 5.41) is 0. The van der Waals surface area contributed by atoms with E-state index in [1.807, 2.05) is 6.07 Å². The summed E-state index contributed by atoms with van der Waals surface area (Å²) >= 11 is 0. The van der Waals surface area contributed by atoms with Crippen LogP contribution in [0.2, 0.25) is 0 Å². The summed E-state index contributed by atoms with van der Waals surface area (Å²) in [4.78, 5) is 11.0. The number of carbonyl (C=O) groups is 1. The van der Waals surface area contributed by atoms with Gasteiger partial charge in [0.1, 0.15) is 6.29 Å². The van der Waals surface area contributed by atoms with Gasteiger partial charge in [0.15, 0.2) is 0 Å². The zero-order chi connectivity index (χ0) is 13.2. The summed E-state index contributed by atoms with van der Waals surface area (Å²) in [5.41, 5.74) is 0.759. The van der Waals surface area contributed by atoms with Crippen molar-refractivity contribution in [2.24, 2.45) is 5.92 Å². The van der Waals surface area contributed by atoms with E-state index in [-0.39, 0.29) is 5.92 Å². The summed E-state index contributed by atoms with van der Waals surface area (Å²) in [6.07, 6.45) is 2.17. The Labute approximate surface area is 108 Å². The van der Waals surface area contributed by atoms with Crippen LogP contribution in [0.25, 0.3) is 0 Å². The maximum Gasteiger partial charge on any atom is 0.243 e. The van der Waals surface area contributed by atoms with Crippen LogP contribution in [-0.2, 0) is 14.8 Å². The maximum atomic E-state index is 12.4. The van der Waals surface area contributed by atoms with Gasteiger partial charge in [0.2, 0.25) is 10.0 Å². The minimum Gasteiger partial charge on any atom is -0.303 e. The summed E-state index contributed by atoms with van der Waals surface area (Å²) < 4.78 is 26.4. The Morgan fingerprint density at radius 3 is 2.39 bits per heavy atom. The molecule has 1 aromatic rings. The first-order chi connectivity index (χ1) is 8.55. The monoisotopic (exact) mass is 267 g/mol. The molecule has 0 bridgehead atoms. The number of hydrogen-bond donors (Lipinski definition) is 0. The highest BCUT2D eigenvalue weighted by molar-refractivity contribution is 7.89. The van der Waals surface area contributed by atoms with Crippen molar-refractivity contribution < 1.29 is 13.2 Å². The van der Waals surface area contributed by atoms with Gasteiger partial charge in [-0.15, -0.1) is 0 Å². The van der Waals surface area contributed by atoms with Crippen molar-refractivity contribution in [1.82, 2.24) is 4.31 Å². The fourth-order valence-electron chi connectivity index (χ4n) is 2.24. The van der Waals surface area contributed by atoms with Crippen molar-refractivity contribution in [3.63, 3.8) is 0 Å². The lowest BCUT2D eigenvalue weighted by Crippen LogP contribution is -2.39. The molecule has 1 fully saturated rings. The van der Waals surface area contributed by atoms with E-state index in [1.165, 1.54) is 4.31 Å². The molecule has 1 heterocycles. The zero-order valence-corrected chi connectivity index (χ0v) is 11.2. The van der Waals surface area contributed by atoms with Gasteiger partial charge in [0, 0.05) is 19.0 Å². The average Bonchev–Trinajstić information content (AvgIpc) is 2.39. The number of benzene rings is 1. The van der Waals surface area contributed by atoms with Crippen LogP contribution >= 0.6 is 0 Å². The molecule has 2 rings (SSSR count). The number of sulfonamides is 1. The van der Waals surface area contributed by atoms with Crippen LogP contribution in [0.3, 0.4) is 0 Å². The van der Waals surface area contributed by atoms with Crippen molar-refractivity contribution in [2.45, 2.75) is 24.7 Å². The fraction of sp³-hybridized carbons (Fsp3) is 0.462. The Kier molecular flexibility index (Phi) is 3.82. The second-order valence-electron chi connectivity index (χ2n) is 4.64. The highest BCUT2D eigenvalue weighted by atomic mass is 32.2. The number of hydrogen-bond acceptors (Lipinski definition) is 3. The molecule has 0 aromatic heterocycles. The molecular formula is C13H17NO3S. The average molecular weight is 267 g/mol. The topological polar surface area (TPSA) is 54.5 Å². The second kappa shape index (κ2) is 5.20. The third-order valence-corrected chi connectivity index (χ3v) is 5.46. The second-order valence-corrected chi connectivity index (χ2v) is 6.55. The lowest BCUT2D eigenvalue weighted by Gasteiger charge is -2.29. The fourth-order valence-corrected chi connectivity index (χ4v) is 3.93. The summed E-state index contributed by atoms with van der Waals surface area (Å²) in [5.74, 6) is 0.00770. The zero-order valence-electron chi connectivity index (χ0n) is 10.4. The van der Waals surface area contributed by atoms with E-state index >= 15 is 0 Å². The van der Waals surface area contributed by atoms with Gasteiger partial charge in [-0.1, -0.05) is 18.2 Å². The Morgan fingerprint density at radius 1 is 1.22 bits per heavy atom. The van der Waals surface area contributed by atoms with Crippen LogP contribution in [-0.4, -0.2) is 32.1 Å². The van der Waals surface area contributed by atoms with Gasteiger partial charge in [-0.2, -0.15) is 4.31 Å². The summed E-state index contributed by atoms with van der Waals surface area (Å²) in [7, 11) is -3.41. The molecule has 0 saturated carbocycles. The molecule has 1 aliphatic rings.